The summed E-state index contributed by atoms with van der Waals surface area (Å²) < 4.78 is 18.7. The van der Waals surface area contributed by atoms with E-state index in [2.05, 4.69) is 9.97 Å². The summed E-state index contributed by atoms with van der Waals surface area (Å²) in [7, 11) is 1.52. The maximum atomic E-state index is 13.6. The van der Waals surface area contributed by atoms with Gasteiger partial charge in [0.1, 0.15) is 17.4 Å². The molecule has 1 aromatic heterocycles. The summed E-state index contributed by atoms with van der Waals surface area (Å²) >= 11 is 0. The van der Waals surface area contributed by atoms with Gasteiger partial charge in [0.05, 0.1) is 24.6 Å². The highest BCUT2D eigenvalue weighted by atomic mass is 19.1. The van der Waals surface area contributed by atoms with Gasteiger partial charge in [-0.05, 0) is 19.1 Å². The van der Waals surface area contributed by atoms with Gasteiger partial charge in [-0.1, -0.05) is 6.07 Å². The van der Waals surface area contributed by atoms with Gasteiger partial charge in [-0.3, -0.25) is 0 Å². The van der Waals surface area contributed by atoms with E-state index in [4.69, 9.17) is 4.74 Å². The number of aryl methyl sites for hydroxylation is 1. The van der Waals surface area contributed by atoms with Crippen molar-refractivity contribution in [3.63, 3.8) is 0 Å². The summed E-state index contributed by atoms with van der Waals surface area (Å²) in [6, 6.07) is 4.73. The van der Waals surface area contributed by atoms with Crippen LogP contribution in [-0.2, 0) is 0 Å². The lowest BCUT2D eigenvalue weighted by Gasteiger charge is -2.06. The molecule has 0 unspecified atom stereocenters. The van der Waals surface area contributed by atoms with Crippen molar-refractivity contribution < 1.29 is 9.13 Å². The molecule has 2 aromatic rings. The molecule has 0 radical (unpaired) electrons. The number of nitrogens with zero attached hydrogens (tertiary/aromatic N) is 1. The van der Waals surface area contributed by atoms with E-state index in [9.17, 15) is 4.39 Å². The Bertz CT molecular complexity index is 479. The average Bonchev–Trinajstić information content (AvgIpc) is 2.64. The lowest BCUT2D eigenvalue weighted by Crippen LogP contribution is -1.91. The second-order valence-electron chi connectivity index (χ2n) is 3.20. The molecule has 2 rings (SSSR count). The minimum absolute atomic E-state index is 0.321. The molecular formula is C11H11FN2O. The molecular weight excluding hydrogens is 195 g/mol. The zero-order chi connectivity index (χ0) is 10.8. The van der Waals surface area contributed by atoms with E-state index in [1.54, 1.807) is 18.3 Å². The standard InChI is InChI=1S/C11H11FN2O/c1-7-13-6-9(14-7)11-8(12)4-3-5-10(11)15-2/h3-6H,1-2H3,(H,13,14). The van der Waals surface area contributed by atoms with E-state index < -0.39 is 0 Å². The second kappa shape index (κ2) is 3.73. The fourth-order valence-corrected chi connectivity index (χ4v) is 1.48. The Morgan fingerprint density at radius 2 is 2.20 bits per heavy atom. The maximum absolute atomic E-state index is 13.6. The van der Waals surface area contributed by atoms with E-state index in [-0.39, 0.29) is 5.82 Å². The molecule has 0 amide bonds. The maximum Gasteiger partial charge on any atom is 0.136 e. The summed E-state index contributed by atoms with van der Waals surface area (Å²) in [6.07, 6.45) is 1.59. The molecule has 0 aliphatic carbocycles. The van der Waals surface area contributed by atoms with Crippen molar-refractivity contribution >= 4 is 0 Å². The van der Waals surface area contributed by atoms with Crippen molar-refractivity contribution in [2.75, 3.05) is 7.11 Å². The fourth-order valence-electron chi connectivity index (χ4n) is 1.48. The Morgan fingerprint density at radius 1 is 1.40 bits per heavy atom. The van der Waals surface area contributed by atoms with Gasteiger partial charge in [-0.2, -0.15) is 0 Å². The van der Waals surface area contributed by atoms with E-state index in [0.717, 1.165) is 5.82 Å². The quantitative estimate of drug-likeness (QED) is 0.819. The van der Waals surface area contributed by atoms with Gasteiger partial charge in [0.25, 0.3) is 0 Å². The van der Waals surface area contributed by atoms with Gasteiger partial charge in [-0.25, -0.2) is 9.37 Å². The zero-order valence-corrected chi connectivity index (χ0v) is 8.54. The predicted octanol–water partition coefficient (Wildman–Crippen LogP) is 2.53. The third-order valence-corrected chi connectivity index (χ3v) is 2.17. The highest BCUT2D eigenvalue weighted by Gasteiger charge is 2.12. The van der Waals surface area contributed by atoms with Gasteiger partial charge in [-0.15, -0.1) is 0 Å². The van der Waals surface area contributed by atoms with Gasteiger partial charge in [0.15, 0.2) is 0 Å². The number of hydrogen-bond acceptors (Lipinski definition) is 2. The highest BCUT2D eigenvalue weighted by molar-refractivity contribution is 5.67. The Hall–Kier alpha value is -1.84. The first kappa shape index (κ1) is 9.71. The molecule has 0 fully saturated rings. The number of aromatic nitrogens is 2. The number of imidazole rings is 1. The van der Waals surface area contributed by atoms with Crippen LogP contribution in [0, 0.1) is 12.7 Å². The Balaban J connectivity index is 2.60. The summed E-state index contributed by atoms with van der Waals surface area (Å²) in [5.74, 6) is 0.923. The van der Waals surface area contributed by atoms with E-state index in [0.29, 0.717) is 17.0 Å². The number of methoxy groups -OCH3 is 1. The molecule has 1 heterocycles. The summed E-state index contributed by atoms with van der Waals surface area (Å²) in [5.41, 5.74) is 1.04. The van der Waals surface area contributed by atoms with Crippen molar-refractivity contribution in [2.45, 2.75) is 6.92 Å². The van der Waals surface area contributed by atoms with Crippen LogP contribution in [0.4, 0.5) is 4.39 Å². The average molecular weight is 206 g/mol. The molecule has 0 aliphatic heterocycles. The number of halogens is 1. The fraction of sp³-hybridized carbons (Fsp3) is 0.182. The van der Waals surface area contributed by atoms with Gasteiger partial charge in [0, 0.05) is 0 Å². The SMILES string of the molecule is COc1cccc(F)c1-c1cnc(C)[nH]1. The number of H-pyrrole nitrogens is 1. The summed E-state index contributed by atoms with van der Waals surface area (Å²) in [6.45, 7) is 1.82. The van der Waals surface area contributed by atoms with Crippen LogP contribution in [0.15, 0.2) is 24.4 Å². The van der Waals surface area contributed by atoms with Gasteiger partial charge < -0.3 is 9.72 Å². The van der Waals surface area contributed by atoms with Crippen LogP contribution in [0.25, 0.3) is 11.3 Å². The molecule has 0 atom stereocenters. The molecule has 0 spiro atoms. The first-order chi connectivity index (χ1) is 7.22. The van der Waals surface area contributed by atoms with Gasteiger partial charge >= 0.3 is 0 Å². The van der Waals surface area contributed by atoms with Crippen molar-refractivity contribution in [3.05, 3.63) is 36.0 Å². The molecule has 3 nitrogen and oxygen atoms in total. The summed E-state index contributed by atoms with van der Waals surface area (Å²) in [4.78, 5) is 7.01. The Kier molecular flexibility index (Phi) is 2.41. The first-order valence-electron chi connectivity index (χ1n) is 4.57. The molecule has 1 N–H and O–H groups in total. The minimum Gasteiger partial charge on any atom is -0.496 e. The van der Waals surface area contributed by atoms with Crippen LogP contribution < -0.4 is 4.74 Å². The van der Waals surface area contributed by atoms with Crippen LogP contribution in [-0.4, -0.2) is 17.1 Å². The van der Waals surface area contributed by atoms with Crippen LogP contribution >= 0.6 is 0 Å². The molecule has 1 aromatic carbocycles. The Morgan fingerprint density at radius 3 is 2.80 bits per heavy atom. The van der Waals surface area contributed by atoms with Crippen LogP contribution in [0.1, 0.15) is 5.82 Å². The van der Waals surface area contributed by atoms with Crippen LogP contribution in [0.5, 0.6) is 5.75 Å². The predicted molar refractivity (Wildman–Crippen MR) is 55.3 cm³/mol. The number of aromatic amines is 1. The highest BCUT2D eigenvalue weighted by Crippen LogP contribution is 2.30. The van der Waals surface area contributed by atoms with Crippen molar-refractivity contribution in [1.82, 2.24) is 9.97 Å². The monoisotopic (exact) mass is 206 g/mol. The van der Waals surface area contributed by atoms with Gasteiger partial charge in [0.2, 0.25) is 0 Å². The van der Waals surface area contributed by atoms with Crippen LogP contribution in [0.2, 0.25) is 0 Å². The largest absolute Gasteiger partial charge is 0.496 e. The van der Waals surface area contributed by atoms with Crippen molar-refractivity contribution in [3.8, 4) is 17.0 Å². The lowest BCUT2D eigenvalue weighted by molar-refractivity contribution is 0.413. The lowest BCUT2D eigenvalue weighted by atomic mass is 10.1. The third kappa shape index (κ3) is 1.70. The Labute approximate surface area is 86.9 Å². The van der Waals surface area contributed by atoms with E-state index in [1.807, 2.05) is 6.92 Å². The van der Waals surface area contributed by atoms with Crippen molar-refractivity contribution in [1.29, 1.82) is 0 Å². The number of benzene rings is 1. The first-order valence-corrected chi connectivity index (χ1v) is 4.57. The number of ether oxygens (including phenoxy) is 1. The topological polar surface area (TPSA) is 37.9 Å². The third-order valence-electron chi connectivity index (χ3n) is 2.17. The zero-order valence-electron chi connectivity index (χ0n) is 8.54. The minimum atomic E-state index is -0.321. The molecule has 4 heteroatoms. The molecule has 0 saturated carbocycles. The van der Waals surface area contributed by atoms with Crippen molar-refractivity contribution in [2.24, 2.45) is 0 Å². The number of rotatable bonds is 2. The van der Waals surface area contributed by atoms with E-state index >= 15 is 0 Å². The number of nitrogens with one attached hydrogen (secondary N) is 1. The smallest absolute Gasteiger partial charge is 0.136 e. The molecule has 78 valence electrons. The molecule has 15 heavy (non-hydrogen) atoms. The molecule has 0 bridgehead atoms. The van der Waals surface area contributed by atoms with Crippen LogP contribution in [0.3, 0.4) is 0 Å². The molecule has 0 saturated heterocycles. The molecule has 0 aliphatic rings. The summed E-state index contributed by atoms with van der Waals surface area (Å²) in [5, 5.41) is 0. The normalized spacial score (nSPS) is 10.3. The van der Waals surface area contributed by atoms with E-state index in [1.165, 1.54) is 13.2 Å². The second-order valence-corrected chi connectivity index (χ2v) is 3.20. The number of hydrogen-bond donors (Lipinski definition) is 1.